The van der Waals surface area contributed by atoms with Crippen LogP contribution in [-0.2, 0) is 4.79 Å². The van der Waals surface area contributed by atoms with Crippen molar-refractivity contribution in [3.05, 3.63) is 28.8 Å². The standard InChI is InChI=1S/C15H20ClNO4/c1-5-15(3,4)17-13(18)9(2)21-11-8-6-7-10(16)12(11)14(19)20/h6-9H,5H2,1-4H3,(H,17,18)(H,19,20). The summed E-state index contributed by atoms with van der Waals surface area (Å²) in [5.41, 5.74) is -0.493. The third kappa shape index (κ3) is 4.63. The summed E-state index contributed by atoms with van der Waals surface area (Å²) in [6.45, 7) is 7.33. The largest absolute Gasteiger partial charge is 0.480 e. The van der Waals surface area contributed by atoms with Crippen LogP contribution in [0.25, 0.3) is 0 Å². The zero-order chi connectivity index (χ0) is 16.2. The predicted octanol–water partition coefficient (Wildman–Crippen LogP) is 3.11. The van der Waals surface area contributed by atoms with Crippen molar-refractivity contribution in [2.75, 3.05) is 0 Å². The molecule has 1 aromatic carbocycles. The van der Waals surface area contributed by atoms with Gasteiger partial charge < -0.3 is 15.2 Å². The van der Waals surface area contributed by atoms with E-state index in [4.69, 9.17) is 21.4 Å². The molecule has 0 aliphatic rings. The molecule has 0 spiro atoms. The highest BCUT2D eigenvalue weighted by Gasteiger charge is 2.25. The number of aromatic carboxylic acids is 1. The van der Waals surface area contributed by atoms with Crippen LogP contribution in [0.5, 0.6) is 5.75 Å². The molecule has 21 heavy (non-hydrogen) atoms. The number of hydrogen-bond donors (Lipinski definition) is 2. The van der Waals surface area contributed by atoms with Crippen LogP contribution in [0.1, 0.15) is 44.5 Å². The Balaban J connectivity index is 2.89. The SMILES string of the molecule is CCC(C)(C)NC(=O)C(C)Oc1cccc(Cl)c1C(=O)O. The first-order valence-electron chi connectivity index (χ1n) is 6.68. The van der Waals surface area contributed by atoms with Crippen LogP contribution in [-0.4, -0.2) is 28.6 Å². The van der Waals surface area contributed by atoms with Gasteiger partial charge in [0.05, 0.1) is 5.02 Å². The van der Waals surface area contributed by atoms with Crippen LogP contribution in [0.4, 0.5) is 0 Å². The Kier molecular flexibility index (Phi) is 5.61. The van der Waals surface area contributed by atoms with Gasteiger partial charge in [-0.3, -0.25) is 4.79 Å². The molecule has 0 bridgehead atoms. The van der Waals surface area contributed by atoms with Gasteiger partial charge in [0.25, 0.3) is 5.91 Å². The van der Waals surface area contributed by atoms with Crippen LogP contribution in [0, 0.1) is 0 Å². The number of carboxylic acids is 1. The second-order valence-corrected chi connectivity index (χ2v) is 5.81. The van der Waals surface area contributed by atoms with E-state index < -0.39 is 12.1 Å². The fourth-order valence-electron chi connectivity index (χ4n) is 1.58. The van der Waals surface area contributed by atoms with Crippen LogP contribution >= 0.6 is 11.6 Å². The van der Waals surface area contributed by atoms with Gasteiger partial charge in [-0.1, -0.05) is 24.6 Å². The normalized spacial score (nSPS) is 12.6. The van der Waals surface area contributed by atoms with E-state index in [1.807, 2.05) is 20.8 Å². The zero-order valence-electron chi connectivity index (χ0n) is 12.6. The average molecular weight is 314 g/mol. The van der Waals surface area contributed by atoms with E-state index in [0.29, 0.717) is 0 Å². The van der Waals surface area contributed by atoms with Crippen molar-refractivity contribution in [2.24, 2.45) is 0 Å². The number of amides is 1. The molecular formula is C15H20ClNO4. The van der Waals surface area contributed by atoms with Gasteiger partial charge in [0, 0.05) is 5.54 Å². The number of rotatable bonds is 6. The lowest BCUT2D eigenvalue weighted by atomic mass is 10.0. The predicted molar refractivity (Wildman–Crippen MR) is 81.0 cm³/mol. The molecule has 1 aromatic rings. The highest BCUT2D eigenvalue weighted by molar-refractivity contribution is 6.33. The molecule has 0 aliphatic carbocycles. The highest BCUT2D eigenvalue weighted by atomic mass is 35.5. The van der Waals surface area contributed by atoms with Crippen LogP contribution in [0.3, 0.4) is 0 Å². The summed E-state index contributed by atoms with van der Waals surface area (Å²) in [6, 6.07) is 4.51. The summed E-state index contributed by atoms with van der Waals surface area (Å²) < 4.78 is 5.46. The molecule has 5 nitrogen and oxygen atoms in total. The fourth-order valence-corrected chi connectivity index (χ4v) is 1.82. The molecule has 1 amide bonds. The quantitative estimate of drug-likeness (QED) is 0.846. The minimum atomic E-state index is -1.20. The Morgan fingerprint density at radius 3 is 2.57 bits per heavy atom. The van der Waals surface area contributed by atoms with Gasteiger partial charge in [-0.25, -0.2) is 4.79 Å². The minimum absolute atomic E-state index is 0.0708. The number of nitrogens with one attached hydrogen (secondary N) is 1. The summed E-state index contributed by atoms with van der Waals surface area (Å²) in [5.74, 6) is -1.43. The van der Waals surface area contributed by atoms with E-state index in [2.05, 4.69) is 5.32 Å². The maximum Gasteiger partial charge on any atom is 0.341 e. The van der Waals surface area contributed by atoms with E-state index in [1.165, 1.54) is 12.1 Å². The molecule has 0 fully saturated rings. The maximum atomic E-state index is 12.1. The lowest BCUT2D eigenvalue weighted by Crippen LogP contribution is -2.48. The highest BCUT2D eigenvalue weighted by Crippen LogP contribution is 2.27. The smallest absolute Gasteiger partial charge is 0.341 e. The molecule has 0 saturated carbocycles. The molecule has 0 aromatic heterocycles. The van der Waals surface area contributed by atoms with Crippen molar-refractivity contribution in [1.29, 1.82) is 0 Å². The molecule has 0 aliphatic heterocycles. The number of carboxylic acid groups (broad SMARTS) is 1. The van der Waals surface area contributed by atoms with Crippen LogP contribution < -0.4 is 10.1 Å². The van der Waals surface area contributed by atoms with Gasteiger partial charge in [-0.15, -0.1) is 0 Å². The minimum Gasteiger partial charge on any atom is -0.480 e. The summed E-state index contributed by atoms with van der Waals surface area (Å²) >= 11 is 5.85. The Hall–Kier alpha value is -1.75. The molecule has 1 rings (SSSR count). The summed E-state index contributed by atoms with van der Waals surface area (Å²) in [5, 5.41) is 12.1. The summed E-state index contributed by atoms with van der Waals surface area (Å²) in [7, 11) is 0. The number of benzene rings is 1. The molecule has 1 atom stereocenters. The van der Waals surface area contributed by atoms with Gasteiger partial charge in [0.2, 0.25) is 0 Å². The summed E-state index contributed by atoms with van der Waals surface area (Å²) in [6.07, 6.45) is -0.0596. The molecular weight excluding hydrogens is 294 g/mol. The van der Waals surface area contributed by atoms with E-state index >= 15 is 0 Å². The first kappa shape index (κ1) is 17.3. The Morgan fingerprint density at radius 2 is 2.05 bits per heavy atom. The Morgan fingerprint density at radius 1 is 1.43 bits per heavy atom. The topological polar surface area (TPSA) is 75.6 Å². The molecule has 1 unspecified atom stereocenters. The average Bonchev–Trinajstić information content (AvgIpc) is 2.37. The van der Waals surface area contributed by atoms with E-state index in [-0.39, 0.29) is 27.8 Å². The number of ether oxygens (including phenoxy) is 1. The van der Waals surface area contributed by atoms with Crippen molar-refractivity contribution >= 4 is 23.5 Å². The number of halogens is 1. The third-order valence-corrected chi connectivity index (χ3v) is 3.52. The van der Waals surface area contributed by atoms with Gasteiger partial charge in [0.1, 0.15) is 11.3 Å². The second-order valence-electron chi connectivity index (χ2n) is 5.40. The van der Waals surface area contributed by atoms with Crippen molar-refractivity contribution in [1.82, 2.24) is 5.32 Å². The van der Waals surface area contributed by atoms with E-state index in [1.54, 1.807) is 13.0 Å². The van der Waals surface area contributed by atoms with Crippen LogP contribution in [0.2, 0.25) is 5.02 Å². The zero-order valence-corrected chi connectivity index (χ0v) is 13.3. The van der Waals surface area contributed by atoms with Crippen molar-refractivity contribution < 1.29 is 19.4 Å². The number of carbonyl (C=O) groups is 2. The van der Waals surface area contributed by atoms with Crippen molar-refractivity contribution in [3.63, 3.8) is 0 Å². The van der Waals surface area contributed by atoms with Gasteiger partial charge in [-0.05, 0) is 39.3 Å². The lowest BCUT2D eigenvalue weighted by Gasteiger charge is -2.26. The molecule has 116 valence electrons. The van der Waals surface area contributed by atoms with Gasteiger partial charge in [0.15, 0.2) is 6.10 Å². The summed E-state index contributed by atoms with van der Waals surface area (Å²) in [4.78, 5) is 23.3. The first-order valence-corrected chi connectivity index (χ1v) is 7.06. The first-order chi connectivity index (χ1) is 9.68. The Bertz CT molecular complexity index is 542. The monoisotopic (exact) mass is 313 g/mol. The number of hydrogen-bond acceptors (Lipinski definition) is 3. The molecule has 2 N–H and O–H groups in total. The Labute approximate surface area is 129 Å². The second kappa shape index (κ2) is 6.80. The van der Waals surface area contributed by atoms with Crippen LogP contribution in [0.15, 0.2) is 18.2 Å². The molecule has 0 saturated heterocycles. The van der Waals surface area contributed by atoms with Crippen molar-refractivity contribution in [3.8, 4) is 5.75 Å². The number of carbonyl (C=O) groups excluding carboxylic acids is 1. The third-order valence-electron chi connectivity index (χ3n) is 3.21. The van der Waals surface area contributed by atoms with Gasteiger partial charge >= 0.3 is 5.97 Å². The van der Waals surface area contributed by atoms with E-state index in [0.717, 1.165) is 6.42 Å². The molecule has 0 heterocycles. The fraction of sp³-hybridized carbons (Fsp3) is 0.467. The van der Waals surface area contributed by atoms with Crippen molar-refractivity contribution in [2.45, 2.75) is 45.8 Å². The molecule has 6 heteroatoms. The molecule has 0 radical (unpaired) electrons. The van der Waals surface area contributed by atoms with E-state index in [9.17, 15) is 9.59 Å². The lowest BCUT2D eigenvalue weighted by molar-refractivity contribution is -0.129. The maximum absolute atomic E-state index is 12.1. The van der Waals surface area contributed by atoms with Gasteiger partial charge in [-0.2, -0.15) is 0 Å².